The van der Waals surface area contributed by atoms with Gasteiger partial charge in [0.2, 0.25) is 17.7 Å². The van der Waals surface area contributed by atoms with Crippen LogP contribution in [0.15, 0.2) is 41.0 Å². The maximum atomic E-state index is 12.9. The summed E-state index contributed by atoms with van der Waals surface area (Å²) in [4.78, 5) is 23.9. The first-order valence-electron chi connectivity index (χ1n) is 7.25. The lowest BCUT2D eigenvalue weighted by atomic mass is 10.3. The number of anilines is 3. The molecule has 0 aliphatic rings. The normalized spacial score (nSPS) is 10.5. The second-order valence-corrected chi connectivity index (χ2v) is 5.07. The lowest BCUT2D eigenvalue weighted by molar-refractivity contribution is 0.0424. The van der Waals surface area contributed by atoms with Crippen LogP contribution in [0.5, 0.6) is 0 Å². The molecule has 8 nitrogen and oxygen atoms in total. The number of furan rings is 1. The van der Waals surface area contributed by atoms with Crippen LogP contribution in [0, 0.1) is 12.7 Å². The number of nitrogens with zero attached hydrogens (tertiary/aromatic N) is 3. The molecule has 0 atom stereocenters. The molecule has 25 heavy (non-hydrogen) atoms. The van der Waals surface area contributed by atoms with E-state index in [2.05, 4.69) is 20.3 Å². The number of carbonyl (C=O) groups excluding carboxylic acids is 1. The van der Waals surface area contributed by atoms with Crippen molar-refractivity contribution in [3.8, 4) is 0 Å². The van der Waals surface area contributed by atoms with Gasteiger partial charge in [-0.2, -0.15) is 15.0 Å². The van der Waals surface area contributed by atoms with Gasteiger partial charge in [-0.15, -0.1) is 0 Å². The van der Waals surface area contributed by atoms with E-state index in [1.54, 1.807) is 13.0 Å². The number of esters is 1. The first-order chi connectivity index (χ1) is 12.0. The highest BCUT2D eigenvalue weighted by Gasteiger charge is 2.15. The molecule has 0 amide bonds. The van der Waals surface area contributed by atoms with E-state index in [1.165, 1.54) is 30.5 Å². The molecule has 0 unspecified atom stereocenters. The molecular weight excluding hydrogens is 329 g/mol. The van der Waals surface area contributed by atoms with Crippen molar-refractivity contribution in [1.29, 1.82) is 0 Å². The summed E-state index contributed by atoms with van der Waals surface area (Å²) >= 11 is 0. The van der Waals surface area contributed by atoms with Crippen molar-refractivity contribution in [3.05, 3.63) is 59.6 Å². The Morgan fingerprint density at radius 1 is 1.24 bits per heavy atom. The van der Waals surface area contributed by atoms with Crippen LogP contribution in [0.4, 0.5) is 22.0 Å². The average Bonchev–Trinajstić information content (AvgIpc) is 3.00. The van der Waals surface area contributed by atoms with Crippen LogP contribution >= 0.6 is 0 Å². The van der Waals surface area contributed by atoms with E-state index in [0.717, 1.165) is 0 Å². The van der Waals surface area contributed by atoms with E-state index in [-0.39, 0.29) is 35.9 Å². The Bertz CT molecular complexity index is 895. The SMILES string of the molecule is Cc1ccoc1C(=O)OCc1nc(N)nc(Nc2ccc(F)cc2)n1. The third-order valence-electron chi connectivity index (χ3n) is 3.18. The van der Waals surface area contributed by atoms with Crippen molar-refractivity contribution < 1.29 is 18.3 Å². The summed E-state index contributed by atoms with van der Waals surface area (Å²) in [6.45, 7) is 1.52. The molecule has 128 valence electrons. The molecule has 0 spiro atoms. The molecule has 2 heterocycles. The first-order valence-corrected chi connectivity index (χ1v) is 7.25. The molecular formula is C16H14FN5O3. The van der Waals surface area contributed by atoms with Gasteiger partial charge in [-0.3, -0.25) is 0 Å². The van der Waals surface area contributed by atoms with Gasteiger partial charge in [-0.25, -0.2) is 9.18 Å². The van der Waals surface area contributed by atoms with Crippen molar-refractivity contribution in [2.24, 2.45) is 0 Å². The quantitative estimate of drug-likeness (QED) is 0.679. The summed E-state index contributed by atoms with van der Waals surface area (Å²) in [5.41, 5.74) is 6.88. The minimum Gasteiger partial charge on any atom is -0.457 e. The number of ether oxygens (including phenoxy) is 1. The van der Waals surface area contributed by atoms with Crippen LogP contribution in [0.3, 0.4) is 0 Å². The average molecular weight is 343 g/mol. The molecule has 2 aromatic heterocycles. The summed E-state index contributed by atoms with van der Waals surface area (Å²) in [6.07, 6.45) is 1.40. The summed E-state index contributed by atoms with van der Waals surface area (Å²) in [5, 5.41) is 2.87. The molecule has 3 rings (SSSR count). The number of nitrogens with two attached hydrogens (primary N) is 1. The third-order valence-corrected chi connectivity index (χ3v) is 3.18. The Kier molecular flexibility index (Phi) is 4.55. The number of carbonyl (C=O) groups is 1. The number of hydrogen-bond acceptors (Lipinski definition) is 8. The third kappa shape index (κ3) is 4.08. The molecule has 0 fully saturated rings. The van der Waals surface area contributed by atoms with E-state index >= 15 is 0 Å². The Hall–Kier alpha value is -3.49. The summed E-state index contributed by atoms with van der Waals surface area (Å²) in [5.74, 6) is -0.600. The number of halogens is 1. The highest BCUT2D eigenvalue weighted by Crippen LogP contribution is 2.15. The summed E-state index contributed by atoms with van der Waals surface area (Å²) < 4.78 is 23.1. The van der Waals surface area contributed by atoms with Gasteiger partial charge in [0, 0.05) is 11.3 Å². The maximum absolute atomic E-state index is 12.9. The Morgan fingerprint density at radius 2 is 2.00 bits per heavy atom. The van der Waals surface area contributed by atoms with E-state index in [1.807, 2.05) is 0 Å². The number of rotatable bonds is 5. The van der Waals surface area contributed by atoms with Gasteiger partial charge in [0.15, 0.2) is 12.4 Å². The fourth-order valence-electron chi connectivity index (χ4n) is 2.00. The van der Waals surface area contributed by atoms with Crippen molar-refractivity contribution in [3.63, 3.8) is 0 Å². The van der Waals surface area contributed by atoms with Crippen molar-refractivity contribution in [2.75, 3.05) is 11.1 Å². The number of benzene rings is 1. The molecule has 0 saturated heterocycles. The fraction of sp³-hybridized carbons (Fsp3) is 0.125. The molecule has 0 aliphatic carbocycles. The van der Waals surface area contributed by atoms with Gasteiger partial charge < -0.3 is 20.2 Å². The maximum Gasteiger partial charge on any atom is 0.374 e. The second-order valence-electron chi connectivity index (χ2n) is 5.07. The van der Waals surface area contributed by atoms with E-state index in [4.69, 9.17) is 14.9 Å². The van der Waals surface area contributed by atoms with Gasteiger partial charge in [0.05, 0.1) is 6.26 Å². The van der Waals surface area contributed by atoms with Crippen molar-refractivity contribution >= 4 is 23.6 Å². The molecule has 0 saturated carbocycles. The summed E-state index contributed by atoms with van der Waals surface area (Å²) in [7, 11) is 0. The molecule has 0 aliphatic heterocycles. The number of nitrogens with one attached hydrogen (secondary N) is 1. The van der Waals surface area contributed by atoms with Gasteiger partial charge in [0.1, 0.15) is 5.82 Å². The predicted octanol–water partition coefficient (Wildman–Crippen LogP) is 2.59. The molecule has 9 heteroatoms. The van der Waals surface area contributed by atoms with Gasteiger partial charge in [-0.1, -0.05) is 0 Å². The van der Waals surface area contributed by atoms with Crippen molar-refractivity contribution in [2.45, 2.75) is 13.5 Å². The van der Waals surface area contributed by atoms with Crippen LogP contribution in [0.2, 0.25) is 0 Å². The van der Waals surface area contributed by atoms with E-state index in [9.17, 15) is 9.18 Å². The zero-order valence-corrected chi connectivity index (χ0v) is 13.2. The van der Waals surface area contributed by atoms with Gasteiger partial charge in [0.25, 0.3) is 0 Å². The number of aromatic nitrogens is 3. The van der Waals surface area contributed by atoms with Gasteiger partial charge >= 0.3 is 5.97 Å². The molecule has 3 aromatic rings. The largest absolute Gasteiger partial charge is 0.457 e. The second kappa shape index (κ2) is 6.95. The highest BCUT2D eigenvalue weighted by atomic mass is 19.1. The predicted molar refractivity (Wildman–Crippen MR) is 86.5 cm³/mol. The lowest BCUT2D eigenvalue weighted by Gasteiger charge is -2.08. The summed E-state index contributed by atoms with van der Waals surface area (Å²) in [6, 6.07) is 7.29. The minimum absolute atomic E-state index is 0.0418. The van der Waals surface area contributed by atoms with Crippen LogP contribution in [-0.2, 0) is 11.3 Å². The van der Waals surface area contributed by atoms with E-state index < -0.39 is 5.97 Å². The van der Waals surface area contributed by atoms with Crippen molar-refractivity contribution in [1.82, 2.24) is 15.0 Å². The zero-order chi connectivity index (χ0) is 17.8. The zero-order valence-electron chi connectivity index (χ0n) is 13.2. The van der Waals surface area contributed by atoms with E-state index in [0.29, 0.717) is 11.3 Å². The first kappa shape index (κ1) is 16.4. The smallest absolute Gasteiger partial charge is 0.374 e. The van der Waals surface area contributed by atoms with Gasteiger partial charge in [-0.05, 0) is 37.3 Å². The Balaban J connectivity index is 1.70. The molecule has 0 bridgehead atoms. The van der Waals surface area contributed by atoms with Crippen LogP contribution in [0.25, 0.3) is 0 Å². The van der Waals surface area contributed by atoms with Crippen LogP contribution < -0.4 is 11.1 Å². The standard InChI is InChI=1S/C16H14FN5O3/c1-9-6-7-24-13(9)14(23)25-8-12-20-15(18)22-16(21-12)19-11-4-2-10(17)3-5-11/h2-7H,8H2,1H3,(H3,18,19,20,21,22). The van der Waals surface area contributed by atoms with Crippen LogP contribution in [-0.4, -0.2) is 20.9 Å². The lowest BCUT2D eigenvalue weighted by Crippen LogP contribution is -2.11. The highest BCUT2D eigenvalue weighted by molar-refractivity contribution is 5.87. The molecule has 0 radical (unpaired) electrons. The molecule has 3 N–H and O–H groups in total. The van der Waals surface area contributed by atoms with Crippen LogP contribution in [0.1, 0.15) is 21.9 Å². The number of hydrogen-bond donors (Lipinski definition) is 2. The monoisotopic (exact) mass is 343 g/mol. The number of aryl methyl sites for hydroxylation is 1. The Labute approximate surface area is 141 Å². The minimum atomic E-state index is -0.630. The Morgan fingerprint density at radius 3 is 2.68 bits per heavy atom. The number of nitrogen functional groups attached to an aromatic ring is 1. The topological polar surface area (TPSA) is 116 Å². The fourth-order valence-corrected chi connectivity index (χ4v) is 2.00. The molecule has 1 aromatic carbocycles.